The van der Waals surface area contributed by atoms with Crippen molar-refractivity contribution in [3.63, 3.8) is 0 Å². The minimum Gasteiger partial charge on any atom is -0.475 e. The number of hydrazine groups is 1. The van der Waals surface area contributed by atoms with E-state index in [-0.39, 0.29) is 0 Å². The number of nitrogens with zero attached hydrogens (tertiary/aromatic N) is 2. The molecule has 0 aliphatic heterocycles. The fraction of sp³-hybridized carbons (Fsp3) is 0.200. The number of benzene rings is 1. The number of nitrogens with one attached hydrogen (secondary N) is 1. The monoisotopic (exact) mass is 276 g/mol. The molecule has 0 unspecified atom stereocenters. The summed E-state index contributed by atoms with van der Waals surface area (Å²) in [6.45, 7) is 0. The van der Waals surface area contributed by atoms with Crippen molar-refractivity contribution in [2.45, 2.75) is 6.18 Å². The van der Waals surface area contributed by atoms with E-state index < -0.39 is 12.1 Å². The number of anilines is 1. The van der Waals surface area contributed by atoms with Gasteiger partial charge in [0, 0.05) is 7.05 Å². The summed E-state index contributed by atoms with van der Waals surface area (Å²) in [6, 6.07) is 5.80. The molecule has 1 aromatic heterocycles. The minimum absolute atomic E-state index is 0.896. The average Bonchev–Trinajstić information content (AvgIpc) is 2.71. The van der Waals surface area contributed by atoms with Gasteiger partial charge in [0.25, 0.3) is 0 Å². The number of hydrogen-bond acceptors (Lipinski definition) is 4. The Bertz CT molecular complexity index is 580. The predicted molar refractivity (Wildman–Crippen MR) is 62.2 cm³/mol. The number of aromatic nitrogens is 2. The highest BCUT2D eigenvalue weighted by Gasteiger charge is 2.38. The lowest BCUT2D eigenvalue weighted by Gasteiger charge is -2.02. The van der Waals surface area contributed by atoms with Crippen LogP contribution in [0.25, 0.3) is 11.0 Å². The number of nitrogen functional groups attached to an aromatic ring is 1. The quantitative estimate of drug-likeness (QED) is 0.542. The van der Waals surface area contributed by atoms with E-state index >= 15 is 0 Å². The van der Waals surface area contributed by atoms with Crippen molar-refractivity contribution in [2.24, 2.45) is 12.9 Å². The highest BCUT2D eigenvalue weighted by molar-refractivity contribution is 5.88. The zero-order chi connectivity index (χ0) is 14.6. The van der Waals surface area contributed by atoms with E-state index in [0.29, 0.717) is 0 Å². The molecular weight excluding hydrogens is 265 g/mol. The van der Waals surface area contributed by atoms with E-state index in [0.717, 1.165) is 16.7 Å². The van der Waals surface area contributed by atoms with Crippen molar-refractivity contribution >= 4 is 22.7 Å². The standard InChI is InChI=1S/C8H10N4.C2HF3O2/c1-12-5-10-6-3-2-4-7(11-9)8(6)12;3-2(4,5)1(6)7/h2-5,11H,9H2,1H3;(H,6,7). The Morgan fingerprint density at radius 1 is 1.47 bits per heavy atom. The topological polar surface area (TPSA) is 93.2 Å². The number of aryl methyl sites for hydroxylation is 1. The van der Waals surface area contributed by atoms with Gasteiger partial charge in [-0.15, -0.1) is 0 Å². The highest BCUT2D eigenvalue weighted by atomic mass is 19.4. The van der Waals surface area contributed by atoms with Crippen molar-refractivity contribution in [3.8, 4) is 0 Å². The number of aliphatic carboxylic acids is 1. The lowest BCUT2D eigenvalue weighted by Crippen LogP contribution is -2.21. The number of fused-ring (bicyclic) bond motifs is 1. The van der Waals surface area contributed by atoms with Gasteiger partial charge in [0.05, 0.1) is 23.0 Å². The first kappa shape index (κ1) is 14.8. The zero-order valence-corrected chi connectivity index (χ0v) is 9.77. The Morgan fingerprint density at radius 2 is 2.05 bits per heavy atom. The molecule has 0 radical (unpaired) electrons. The zero-order valence-electron chi connectivity index (χ0n) is 9.77. The van der Waals surface area contributed by atoms with Gasteiger partial charge in [-0.05, 0) is 12.1 Å². The molecule has 0 saturated carbocycles. The third-order valence-corrected chi connectivity index (χ3v) is 2.14. The van der Waals surface area contributed by atoms with Gasteiger partial charge in [0.2, 0.25) is 0 Å². The number of halogens is 3. The van der Waals surface area contributed by atoms with Gasteiger partial charge in [-0.1, -0.05) is 6.07 Å². The van der Waals surface area contributed by atoms with Crippen LogP contribution in [0.2, 0.25) is 0 Å². The summed E-state index contributed by atoms with van der Waals surface area (Å²) in [5.74, 6) is 2.60. The van der Waals surface area contributed by atoms with Gasteiger partial charge in [-0.3, -0.25) is 5.84 Å². The Kier molecular flexibility index (Phi) is 4.33. The van der Waals surface area contributed by atoms with Crippen LogP contribution in [0, 0.1) is 0 Å². The van der Waals surface area contributed by atoms with Crippen LogP contribution in [0.3, 0.4) is 0 Å². The number of hydrogen-bond donors (Lipinski definition) is 3. The number of alkyl halides is 3. The molecule has 0 aliphatic rings. The smallest absolute Gasteiger partial charge is 0.475 e. The van der Waals surface area contributed by atoms with Crippen LogP contribution in [0.4, 0.5) is 18.9 Å². The Hall–Kier alpha value is -2.29. The molecule has 2 aromatic rings. The summed E-state index contributed by atoms with van der Waals surface area (Å²) in [4.78, 5) is 13.1. The third-order valence-electron chi connectivity index (χ3n) is 2.14. The molecule has 4 N–H and O–H groups in total. The Labute approximate surface area is 105 Å². The van der Waals surface area contributed by atoms with Gasteiger partial charge in [0.1, 0.15) is 0 Å². The Morgan fingerprint density at radius 3 is 2.53 bits per heavy atom. The van der Waals surface area contributed by atoms with Crippen molar-refractivity contribution in [3.05, 3.63) is 24.5 Å². The molecule has 104 valence electrons. The molecule has 0 bridgehead atoms. The van der Waals surface area contributed by atoms with E-state index in [1.54, 1.807) is 6.33 Å². The van der Waals surface area contributed by atoms with Crippen LogP contribution in [-0.2, 0) is 11.8 Å². The molecule has 0 spiro atoms. The average molecular weight is 276 g/mol. The maximum absolute atomic E-state index is 10.6. The first-order valence-corrected chi connectivity index (χ1v) is 4.94. The molecule has 6 nitrogen and oxygen atoms in total. The van der Waals surface area contributed by atoms with Crippen molar-refractivity contribution < 1.29 is 23.1 Å². The number of carboxylic acid groups (broad SMARTS) is 1. The largest absolute Gasteiger partial charge is 0.490 e. The second-order valence-electron chi connectivity index (χ2n) is 3.48. The third kappa shape index (κ3) is 3.58. The van der Waals surface area contributed by atoms with Crippen LogP contribution in [0.15, 0.2) is 24.5 Å². The van der Waals surface area contributed by atoms with E-state index in [1.807, 2.05) is 29.8 Å². The van der Waals surface area contributed by atoms with Crippen LogP contribution in [0.1, 0.15) is 0 Å². The molecule has 9 heteroatoms. The summed E-state index contributed by atoms with van der Waals surface area (Å²) in [5, 5.41) is 7.12. The maximum atomic E-state index is 10.6. The predicted octanol–water partition coefficient (Wildman–Crippen LogP) is 1.49. The summed E-state index contributed by atoms with van der Waals surface area (Å²) in [7, 11) is 1.94. The molecule has 0 fully saturated rings. The summed E-state index contributed by atoms with van der Waals surface area (Å²) >= 11 is 0. The lowest BCUT2D eigenvalue weighted by atomic mass is 10.3. The van der Waals surface area contributed by atoms with Crippen LogP contribution in [0.5, 0.6) is 0 Å². The molecule has 19 heavy (non-hydrogen) atoms. The Balaban J connectivity index is 0.000000224. The SMILES string of the molecule is Cn1cnc2cccc(NN)c21.O=C(O)C(F)(F)F. The number of carbonyl (C=O) groups is 1. The van der Waals surface area contributed by atoms with Crippen molar-refractivity contribution in [2.75, 3.05) is 5.43 Å². The molecule has 0 atom stereocenters. The number of nitrogens with two attached hydrogens (primary N) is 1. The number of para-hydroxylation sites is 1. The molecule has 0 saturated heterocycles. The lowest BCUT2D eigenvalue weighted by molar-refractivity contribution is -0.192. The van der Waals surface area contributed by atoms with Gasteiger partial charge in [-0.2, -0.15) is 13.2 Å². The van der Waals surface area contributed by atoms with E-state index in [1.165, 1.54) is 0 Å². The fourth-order valence-electron chi connectivity index (χ4n) is 1.33. The number of rotatable bonds is 1. The fourth-order valence-corrected chi connectivity index (χ4v) is 1.33. The second-order valence-corrected chi connectivity index (χ2v) is 3.48. The van der Waals surface area contributed by atoms with Crippen LogP contribution < -0.4 is 11.3 Å². The first-order valence-electron chi connectivity index (χ1n) is 4.94. The molecular formula is C10H11F3N4O2. The van der Waals surface area contributed by atoms with Crippen molar-refractivity contribution in [1.82, 2.24) is 9.55 Å². The minimum atomic E-state index is -5.08. The molecule has 0 amide bonds. The van der Waals surface area contributed by atoms with Crippen molar-refractivity contribution in [1.29, 1.82) is 0 Å². The summed E-state index contributed by atoms with van der Waals surface area (Å²) in [5.41, 5.74) is 5.51. The molecule has 1 aromatic carbocycles. The highest BCUT2D eigenvalue weighted by Crippen LogP contribution is 2.20. The molecule has 2 rings (SSSR count). The van der Waals surface area contributed by atoms with E-state index in [4.69, 9.17) is 15.7 Å². The molecule has 0 aliphatic carbocycles. The van der Waals surface area contributed by atoms with Gasteiger partial charge in [-0.25, -0.2) is 9.78 Å². The van der Waals surface area contributed by atoms with Gasteiger partial charge in [0.15, 0.2) is 0 Å². The summed E-state index contributed by atoms with van der Waals surface area (Å²) in [6.07, 6.45) is -3.31. The second kappa shape index (κ2) is 5.57. The van der Waals surface area contributed by atoms with Crippen LogP contribution >= 0.6 is 0 Å². The van der Waals surface area contributed by atoms with Gasteiger partial charge < -0.3 is 15.1 Å². The van der Waals surface area contributed by atoms with E-state index in [9.17, 15) is 13.2 Å². The first-order chi connectivity index (χ1) is 8.77. The maximum Gasteiger partial charge on any atom is 0.490 e. The number of imidazole rings is 1. The molecule has 1 heterocycles. The van der Waals surface area contributed by atoms with E-state index in [2.05, 4.69) is 10.4 Å². The van der Waals surface area contributed by atoms with Crippen LogP contribution in [-0.4, -0.2) is 26.8 Å². The summed E-state index contributed by atoms with van der Waals surface area (Å²) < 4.78 is 33.7. The van der Waals surface area contributed by atoms with Gasteiger partial charge >= 0.3 is 12.1 Å². The number of carboxylic acids is 1. The normalized spacial score (nSPS) is 10.8.